The van der Waals surface area contributed by atoms with Gasteiger partial charge in [-0.25, -0.2) is 0 Å². The molecule has 2 aliphatic heterocycles. The summed E-state index contributed by atoms with van der Waals surface area (Å²) in [5.41, 5.74) is 1.56. The zero-order chi connectivity index (χ0) is 11.2. The molecule has 0 saturated carbocycles. The van der Waals surface area contributed by atoms with Crippen molar-refractivity contribution in [2.75, 3.05) is 25.0 Å². The van der Waals surface area contributed by atoms with Crippen LogP contribution in [0.3, 0.4) is 0 Å². The molecule has 1 amide bonds. The van der Waals surface area contributed by atoms with Crippen LogP contribution in [0.25, 0.3) is 0 Å². The lowest BCUT2D eigenvalue weighted by Crippen LogP contribution is -2.64. The van der Waals surface area contributed by atoms with E-state index in [0.29, 0.717) is 0 Å². The molecular weight excluding hydrogens is 202 g/mol. The Balaban J connectivity index is 2.10. The summed E-state index contributed by atoms with van der Waals surface area (Å²) in [5.74, 6) is 0.0393. The van der Waals surface area contributed by atoms with E-state index in [1.165, 1.54) is 0 Å². The summed E-state index contributed by atoms with van der Waals surface area (Å²) in [7, 11) is 2.05. The van der Waals surface area contributed by atoms with E-state index in [0.717, 1.165) is 30.8 Å². The van der Waals surface area contributed by atoms with Gasteiger partial charge in [0.05, 0.1) is 11.3 Å². The average Bonchev–Trinajstić information content (AvgIpc) is 2.76. The second kappa shape index (κ2) is 3.22. The number of carbonyl (C=O) groups is 1. The number of anilines is 1. The number of nitrogens with zero attached hydrogens (tertiary/aromatic N) is 1. The molecular formula is C12H15N3O. The number of likely N-dealkylation sites (N-methyl/N-ethyl adjacent to an activating group) is 1. The van der Waals surface area contributed by atoms with Crippen LogP contribution in [0.15, 0.2) is 24.3 Å². The van der Waals surface area contributed by atoms with Crippen molar-refractivity contribution in [3.63, 3.8) is 0 Å². The summed E-state index contributed by atoms with van der Waals surface area (Å²) < 4.78 is 0. The van der Waals surface area contributed by atoms with E-state index in [4.69, 9.17) is 0 Å². The molecule has 1 aromatic rings. The highest BCUT2D eigenvalue weighted by Crippen LogP contribution is 2.32. The summed E-state index contributed by atoms with van der Waals surface area (Å²) in [6.45, 7) is 1.76. The zero-order valence-electron chi connectivity index (χ0n) is 9.29. The molecule has 0 radical (unpaired) electrons. The highest BCUT2D eigenvalue weighted by Gasteiger charge is 2.43. The molecule has 1 fully saturated rings. The summed E-state index contributed by atoms with van der Waals surface area (Å²) in [5, 5.41) is 6.43. The predicted molar refractivity (Wildman–Crippen MR) is 62.5 cm³/mol. The van der Waals surface area contributed by atoms with Crippen LogP contribution in [0.5, 0.6) is 0 Å². The van der Waals surface area contributed by atoms with E-state index >= 15 is 0 Å². The Hall–Kier alpha value is -1.55. The number of carbonyl (C=O) groups excluding carboxylic acids is 1. The molecule has 1 atom stereocenters. The fraction of sp³-hybridized carbons (Fsp3) is 0.417. The molecule has 1 saturated heterocycles. The molecule has 0 aromatic heterocycles. The number of hydrogen-bond donors (Lipinski definition) is 2. The molecule has 0 aliphatic carbocycles. The molecule has 1 spiro atoms. The van der Waals surface area contributed by atoms with Gasteiger partial charge < -0.3 is 15.5 Å². The molecule has 2 aliphatic rings. The Labute approximate surface area is 94.6 Å². The van der Waals surface area contributed by atoms with E-state index < -0.39 is 0 Å². The molecule has 84 valence electrons. The molecule has 0 bridgehead atoms. The monoisotopic (exact) mass is 217 g/mol. The first-order valence-corrected chi connectivity index (χ1v) is 5.59. The van der Waals surface area contributed by atoms with Crippen LogP contribution in [0, 0.1) is 0 Å². The quantitative estimate of drug-likeness (QED) is 0.667. The van der Waals surface area contributed by atoms with Gasteiger partial charge in [-0.15, -0.1) is 0 Å². The van der Waals surface area contributed by atoms with Crippen molar-refractivity contribution in [2.45, 2.75) is 12.1 Å². The lowest BCUT2D eigenvalue weighted by molar-refractivity contribution is 0.0892. The molecule has 4 nitrogen and oxygen atoms in total. The van der Waals surface area contributed by atoms with Gasteiger partial charge in [0, 0.05) is 20.0 Å². The Morgan fingerprint density at radius 2 is 2.19 bits per heavy atom. The van der Waals surface area contributed by atoms with Gasteiger partial charge in [-0.05, 0) is 18.7 Å². The molecule has 4 heteroatoms. The third kappa shape index (κ3) is 1.16. The summed E-state index contributed by atoms with van der Waals surface area (Å²) in [6, 6.07) is 7.76. The van der Waals surface area contributed by atoms with Gasteiger partial charge in [0.15, 0.2) is 0 Å². The van der Waals surface area contributed by atoms with Crippen molar-refractivity contribution < 1.29 is 4.79 Å². The van der Waals surface area contributed by atoms with Crippen LogP contribution >= 0.6 is 0 Å². The standard InChI is InChI=1S/C12H15N3O/c1-15-10-5-3-2-4-9(10)11(16)14-12(15)6-7-13-8-12/h2-5,13H,6-8H2,1H3,(H,14,16)/t12-/m1/s1. The topological polar surface area (TPSA) is 44.4 Å². The third-order valence-electron chi connectivity index (χ3n) is 3.63. The fourth-order valence-electron chi connectivity index (χ4n) is 2.62. The number of hydrogen-bond acceptors (Lipinski definition) is 3. The van der Waals surface area contributed by atoms with E-state index in [2.05, 4.69) is 15.5 Å². The largest absolute Gasteiger partial charge is 0.350 e. The fourth-order valence-corrected chi connectivity index (χ4v) is 2.62. The maximum Gasteiger partial charge on any atom is 0.255 e. The minimum atomic E-state index is -0.231. The third-order valence-corrected chi connectivity index (χ3v) is 3.63. The van der Waals surface area contributed by atoms with Gasteiger partial charge in [-0.1, -0.05) is 12.1 Å². The first-order chi connectivity index (χ1) is 7.73. The summed E-state index contributed by atoms with van der Waals surface area (Å²) in [4.78, 5) is 14.2. The van der Waals surface area contributed by atoms with Crippen molar-refractivity contribution in [3.05, 3.63) is 29.8 Å². The first-order valence-electron chi connectivity index (χ1n) is 5.59. The zero-order valence-corrected chi connectivity index (χ0v) is 9.29. The average molecular weight is 217 g/mol. The summed E-state index contributed by atoms with van der Waals surface area (Å²) >= 11 is 0. The van der Waals surface area contributed by atoms with Crippen molar-refractivity contribution >= 4 is 11.6 Å². The number of nitrogens with one attached hydrogen (secondary N) is 2. The van der Waals surface area contributed by atoms with E-state index in [1.54, 1.807) is 0 Å². The van der Waals surface area contributed by atoms with Crippen LogP contribution in [-0.2, 0) is 0 Å². The van der Waals surface area contributed by atoms with Crippen molar-refractivity contribution in [2.24, 2.45) is 0 Å². The van der Waals surface area contributed by atoms with Gasteiger partial charge in [-0.3, -0.25) is 4.79 Å². The van der Waals surface area contributed by atoms with Crippen LogP contribution in [0.4, 0.5) is 5.69 Å². The van der Waals surface area contributed by atoms with Crippen LogP contribution in [0.1, 0.15) is 16.8 Å². The second-order valence-electron chi connectivity index (χ2n) is 4.49. The smallest absolute Gasteiger partial charge is 0.255 e. The van der Waals surface area contributed by atoms with E-state index in [1.807, 2.05) is 31.3 Å². The predicted octanol–water partition coefficient (Wildman–Crippen LogP) is 0.556. The molecule has 1 aromatic carbocycles. The van der Waals surface area contributed by atoms with Crippen molar-refractivity contribution in [1.82, 2.24) is 10.6 Å². The Kier molecular flexibility index (Phi) is 1.94. The second-order valence-corrected chi connectivity index (χ2v) is 4.49. The van der Waals surface area contributed by atoms with Crippen molar-refractivity contribution in [3.8, 4) is 0 Å². The van der Waals surface area contributed by atoms with Gasteiger partial charge in [0.1, 0.15) is 5.66 Å². The Morgan fingerprint density at radius 3 is 2.94 bits per heavy atom. The lowest BCUT2D eigenvalue weighted by atomic mass is 9.99. The highest BCUT2D eigenvalue weighted by atomic mass is 16.2. The molecule has 2 heterocycles. The summed E-state index contributed by atoms with van der Waals surface area (Å²) in [6.07, 6.45) is 0.948. The highest BCUT2D eigenvalue weighted by molar-refractivity contribution is 6.02. The lowest BCUT2D eigenvalue weighted by Gasteiger charge is -2.44. The number of amides is 1. The van der Waals surface area contributed by atoms with Crippen molar-refractivity contribution in [1.29, 1.82) is 0 Å². The maximum atomic E-state index is 12.0. The minimum Gasteiger partial charge on any atom is -0.350 e. The first kappa shape index (κ1) is 9.66. The maximum absolute atomic E-state index is 12.0. The van der Waals surface area contributed by atoms with Crippen LogP contribution in [0.2, 0.25) is 0 Å². The van der Waals surface area contributed by atoms with E-state index in [9.17, 15) is 4.79 Å². The van der Waals surface area contributed by atoms with Gasteiger partial charge in [0.25, 0.3) is 5.91 Å². The van der Waals surface area contributed by atoms with Gasteiger partial charge in [-0.2, -0.15) is 0 Å². The normalized spacial score (nSPS) is 28.1. The number of fused-ring (bicyclic) bond motifs is 1. The number of para-hydroxylation sites is 1. The number of benzene rings is 1. The van der Waals surface area contributed by atoms with Crippen LogP contribution in [-0.4, -0.2) is 31.7 Å². The Bertz CT molecular complexity index is 438. The molecule has 16 heavy (non-hydrogen) atoms. The van der Waals surface area contributed by atoms with Gasteiger partial charge >= 0.3 is 0 Å². The minimum absolute atomic E-state index is 0.0393. The molecule has 2 N–H and O–H groups in total. The molecule has 0 unspecified atom stereocenters. The number of rotatable bonds is 0. The molecule has 3 rings (SSSR count). The van der Waals surface area contributed by atoms with Crippen LogP contribution < -0.4 is 15.5 Å². The van der Waals surface area contributed by atoms with E-state index in [-0.39, 0.29) is 11.6 Å². The van der Waals surface area contributed by atoms with Gasteiger partial charge in [0.2, 0.25) is 0 Å². The Morgan fingerprint density at radius 1 is 1.38 bits per heavy atom. The SMILES string of the molecule is CN1c2ccccc2C(=O)N[C@]12CCNC2.